The van der Waals surface area contributed by atoms with E-state index in [-0.39, 0.29) is 4.87 Å². The molecule has 0 atom stereocenters. The molecule has 4 heteroatoms. The Kier molecular flexibility index (Phi) is 2.45. The van der Waals surface area contributed by atoms with E-state index in [0.29, 0.717) is 0 Å². The molecule has 0 aromatic heterocycles. The van der Waals surface area contributed by atoms with Gasteiger partial charge in [-0.15, -0.1) is 0 Å². The third kappa shape index (κ3) is 2.04. The average Bonchev–Trinajstić information content (AvgIpc) is 2.47. The number of thioether (sulfide) groups is 1. The molecule has 0 bridgehead atoms. The predicted molar refractivity (Wildman–Crippen MR) is 62.8 cm³/mol. The largest absolute Gasteiger partial charge is 0.293 e. The van der Waals surface area contributed by atoms with Gasteiger partial charge in [0, 0.05) is 10.6 Å². The molecular weight excluding hydrogens is 216 g/mol. The molecule has 1 aromatic carbocycles. The molecule has 1 aliphatic heterocycles. The first-order valence-electron chi connectivity index (χ1n) is 4.37. The third-order valence-corrected chi connectivity index (χ3v) is 3.24. The van der Waals surface area contributed by atoms with Crippen molar-refractivity contribution in [2.75, 3.05) is 0 Å². The molecule has 1 heterocycles. The number of benzene rings is 1. The zero-order chi connectivity index (χ0) is 10.2. The lowest BCUT2D eigenvalue weighted by atomic mass is 10.2. The lowest BCUT2D eigenvalue weighted by Gasteiger charge is -2.14. The van der Waals surface area contributed by atoms with E-state index < -0.39 is 0 Å². The van der Waals surface area contributed by atoms with Crippen molar-refractivity contribution in [3.63, 3.8) is 0 Å². The average molecular weight is 227 g/mol. The Bertz CT molecular complexity index is 370. The van der Waals surface area contributed by atoms with Gasteiger partial charge in [0.15, 0.2) is 0 Å². The van der Waals surface area contributed by atoms with Crippen LogP contribution in [0, 0.1) is 0 Å². The minimum absolute atomic E-state index is 0.00499. The van der Waals surface area contributed by atoms with E-state index >= 15 is 0 Å². The highest BCUT2D eigenvalue weighted by atomic mass is 35.5. The molecule has 0 unspecified atom stereocenters. The minimum Gasteiger partial charge on any atom is -0.293 e. The molecule has 0 aliphatic carbocycles. The summed E-state index contributed by atoms with van der Waals surface area (Å²) >= 11 is 7.53. The van der Waals surface area contributed by atoms with Crippen LogP contribution in [0.1, 0.15) is 19.4 Å². The Hall–Kier alpha value is -0.670. The van der Waals surface area contributed by atoms with Crippen LogP contribution in [0.3, 0.4) is 0 Å². The van der Waals surface area contributed by atoms with Crippen LogP contribution >= 0.6 is 23.4 Å². The van der Waals surface area contributed by atoms with Crippen molar-refractivity contribution in [3.8, 4) is 0 Å². The number of nitrogens with one attached hydrogen (secondary N) is 1. The van der Waals surface area contributed by atoms with E-state index in [2.05, 4.69) is 24.4 Å². The van der Waals surface area contributed by atoms with Gasteiger partial charge < -0.3 is 0 Å². The van der Waals surface area contributed by atoms with Gasteiger partial charge >= 0.3 is 0 Å². The van der Waals surface area contributed by atoms with Gasteiger partial charge in [0.1, 0.15) is 9.91 Å². The molecule has 0 amide bonds. The lowest BCUT2D eigenvalue weighted by molar-refractivity contribution is 0.582. The summed E-state index contributed by atoms with van der Waals surface area (Å²) in [6.45, 7) is 4.20. The molecule has 0 radical (unpaired) electrons. The smallest absolute Gasteiger partial charge is 0.126 e. The fourth-order valence-electron chi connectivity index (χ4n) is 1.19. The molecule has 0 spiro atoms. The second-order valence-corrected chi connectivity index (χ2v) is 5.70. The molecule has 1 aliphatic rings. The van der Waals surface area contributed by atoms with Gasteiger partial charge in [-0.1, -0.05) is 35.5 Å². The van der Waals surface area contributed by atoms with E-state index in [9.17, 15) is 0 Å². The van der Waals surface area contributed by atoms with Gasteiger partial charge in [0.05, 0.1) is 0 Å². The van der Waals surface area contributed by atoms with Gasteiger partial charge in [-0.05, 0) is 26.0 Å². The maximum atomic E-state index is 5.81. The van der Waals surface area contributed by atoms with Crippen molar-refractivity contribution >= 4 is 28.4 Å². The fraction of sp³-hybridized carbons (Fsp3) is 0.300. The first-order chi connectivity index (χ1) is 6.57. The van der Waals surface area contributed by atoms with Crippen molar-refractivity contribution in [2.24, 2.45) is 5.10 Å². The maximum Gasteiger partial charge on any atom is 0.126 e. The number of hydrogen-bond acceptors (Lipinski definition) is 3. The van der Waals surface area contributed by atoms with Crippen molar-refractivity contribution in [1.82, 2.24) is 5.43 Å². The Morgan fingerprint density at radius 2 is 1.93 bits per heavy atom. The second-order valence-electron chi connectivity index (χ2n) is 3.65. The highest BCUT2D eigenvalue weighted by molar-refractivity contribution is 8.15. The normalized spacial score (nSPS) is 18.9. The van der Waals surface area contributed by atoms with Crippen LogP contribution in [0.25, 0.3) is 0 Å². The Morgan fingerprint density at radius 3 is 2.43 bits per heavy atom. The van der Waals surface area contributed by atoms with Gasteiger partial charge in [0.2, 0.25) is 0 Å². The number of nitrogens with zero attached hydrogens (tertiary/aromatic N) is 1. The lowest BCUT2D eigenvalue weighted by Crippen LogP contribution is -2.26. The zero-order valence-electron chi connectivity index (χ0n) is 8.04. The van der Waals surface area contributed by atoms with Crippen molar-refractivity contribution < 1.29 is 0 Å². The minimum atomic E-state index is -0.00499. The van der Waals surface area contributed by atoms with Crippen molar-refractivity contribution in [3.05, 3.63) is 34.9 Å². The summed E-state index contributed by atoms with van der Waals surface area (Å²) in [5.41, 5.74) is 4.19. The monoisotopic (exact) mass is 226 g/mol. The number of halogens is 1. The van der Waals surface area contributed by atoms with Crippen molar-refractivity contribution in [2.45, 2.75) is 18.7 Å². The first kappa shape index (κ1) is 9.87. The van der Waals surface area contributed by atoms with Gasteiger partial charge in [-0.25, -0.2) is 0 Å². The Morgan fingerprint density at radius 1 is 1.29 bits per heavy atom. The molecule has 0 fully saturated rings. The molecule has 0 saturated heterocycles. The summed E-state index contributed by atoms with van der Waals surface area (Å²) in [7, 11) is 0. The number of hydrogen-bond donors (Lipinski definition) is 1. The van der Waals surface area contributed by atoms with E-state index in [4.69, 9.17) is 11.6 Å². The predicted octanol–water partition coefficient (Wildman–Crippen LogP) is 3.07. The van der Waals surface area contributed by atoms with Crippen LogP contribution in [0.4, 0.5) is 0 Å². The summed E-state index contributed by atoms with van der Waals surface area (Å²) in [4.78, 5) is -0.00499. The molecule has 2 nitrogen and oxygen atoms in total. The standard InChI is InChI=1S/C10H11ClN2S/c1-10(2)13-12-9(14-10)7-3-5-8(11)6-4-7/h3-6,13H,1-2H3. The Labute approximate surface area is 92.7 Å². The van der Waals surface area contributed by atoms with E-state index in [0.717, 1.165) is 15.6 Å². The molecule has 14 heavy (non-hydrogen) atoms. The highest BCUT2D eigenvalue weighted by Gasteiger charge is 2.27. The van der Waals surface area contributed by atoms with Crippen LogP contribution in [-0.4, -0.2) is 9.91 Å². The fourth-order valence-corrected chi connectivity index (χ4v) is 2.23. The summed E-state index contributed by atoms with van der Waals surface area (Å²) in [5, 5.41) is 6.05. The van der Waals surface area contributed by atoms with Gasteiger partial charge in [0.25, 0.3) is 0 Å². The third-order valence-electron chi connectivity index (χ3n) is 1.87. The molecular formula is C10H11ClN2S. The Balaban J connectivity index is 2.22. The maximum absolute atomic E-state index is 5.81. The molecule has 0 saturated carbocycles. The second kappa shape index (κ2) is 3.48. The summed E-state index contributed by atoms with van der Waals surface area (Å²) in [6, 6.07) is 7.73. The highest BCUT2D eigenvalue weighted by Crippen LogP contribution is 2.31. The van der Waals surface area contributed by atoms with E-state index in [1.54, 1.807) is 11.8 Å². The van der Waals surface area contributed by atoms with Gasteiger partial charge in [-0.3, -0.25) is 5.43 Å². The van der Waals surface area contributed by atoms with Crippen LogP contribution in [0.2, 0.25) is 5.02 Å². The first-order valence-corrected chi connectivity index (χ1v) is 5.56. The number of rotatable bonds is 1. The van der Waals surface area contributed by atoms with Crippen LogP contribution < -0.4 is 5.43 Å². The molecule has 2 rings (SSSR count). The summed E-state index contributed by atoms with van der Waals surface area (Å²) in [6.07, 6.45) is 0. The number of hydrazone groups is 1. The van der Waals surface area contributed by atoms with Crippen LogP contribution in [0.5, 0.6) is 0 Å². The SMILES string of the molecule is CC1(C)NN=C(c2ccc(Cl)cc2)S1. The van der Waals surface area contributed by atoms with Crippen LogP contribution in [0.15, 0.2) is 29.4 Å². The summed E-state index contributed by atoms with van der Waals surface area (Å²) in [5.74, 6) is 0. The van der Waals surface area contributed by atoms with Gasteiger partial charge in [-0.2, -0.15) is 5.10 Å². The van der Waals surface area contributed by atoms with Crippen molar-refractivity contribution in [1.29, 1.82) is 0 Å². The topological polar surface area (TPSA) is 24.4 Å². The molecule has 1 N–H and O–H groups in total. The quantitative estimate of drug-likeness (QED) is 0.796. The van der Waals surface area contributed by atoms with Crippen LogP contribution in [-0.2, 0) is 0 Å². The van der Waals surface area contributed by atoms with E-state index in [1.807, 2.05) is 24.3 Å². The summed E-state index contributed by atoms with van der Waals surface area (Å²) < 4.78 is 0. The zero-order valence-corrected chi connectivity index (χ0v) is 9.62. The molecule has 74 valence electrons. The molecule has 1 aromatic rings. The van der Waals surface area contributed by atoms with E-state index in [1.165, 1.54) is 0 Å².